The Morgan fingerprint density at radius 3 is 3.06 bits per heavy atom. The van der Waals surface area contributed by atoms with E-state index in [0.29, 0.717) is 11.5 Å². The third kappa shape index (κ3) is 2.92. The molecule has 0 saturated heterocycles. The molecule has 1 aromatic rings. The number of aliphatic hydroxyl groups excluding tert-OH is 1. The highest BCUT2D eigenvalue weighted by atomic mass is 16.6. The first-order valence-corrected chi connectivity index (χ1v) is 5.83. The van der Waals surface area contributed by atoms with Crippen molar-refractivity contribution in [2.75, 3.05) is 13.2 Å². The predicted molar refractivity (Wildman–Crippen MR) is 63.6 cm³/mol. The van der Waals surface area contributed by atoms with E-state index in [4.69, 9.17) is 14.2 Å². The standard InChI is InChI=1S/C13H16O5/c1-8(2)18-13(15)7-16-9-3-4-10-11(14)6-17-12(10)5-9/h3-5,8,11,14H,6-7H2,1-2H3. The number of hydrogen-bond acceptors (Lipinski definition) is 5. The highest BCUT2D eigenvalue weighted by Gasteiger charge is 2.22. The Balaban J connectivity index is 1.93. The molecule has 2 rings (SSSR count). The molecule has 0 radical (unpaired) electrons. The monoisotopic (exact) mass is 252 g/mol. The molecule has 5 heteroatoms. The first kappa shape index (κ1) is 12.7. The zero-order valence-corrected chi connectivity index (χ0v) is 10.4. The molecule has 0 spiro atoms. The molecular weight excluding hydrogens is 236 g/mol. The number of carbonyl (C=O) groups is 1. The van der Waals surface area contributed by atoms with Crippen LogP contribution in [-0.4, -0.2) is 30.4 Å². The van der Waals surface area contributed by atoms with Crippen LogP contribution in [0.3, 0.4) is 0 Å². The van der Waals surface area contributed by atoms with Crippen molar-refractivity contribution < 1.29 is 24.1 Å². The van der Waals surface area contributed by atoms with Gasteiger partial charge < -0.3 is 19.3 Å². The fraction of sp³-hybridized carbons (Fsp3) is 0.462. The maximum atomic E-state index is 11.3. The van der Waals surface area contributed by atoms with Gasteiger partial charge in [0.25, 0.3) is 0 Å². The van der Waals surface area contributed by atoms with Gasteiger partial charge in [0.1, 0.15) is 24.2 Å². The Morgan fingerprint density at radius 1 is 1.56 bits per heavy atom. The maximum absolute atomic E-state index is 11.3. The second-order valence-electron chi connectivity index (χ2n) is 4.35. The van der Waals surface area contributed by atoms with Crippen LogP contribution in [0.25, 0.3) is 0 Å². The van der Waals surface area contributed by atoms with E-state index < -0.39 is 12.1 Å². The summed E-state index contributed by atoms with van der Waals surface area (Å²) in [7, 11) is 0. The van der Waals surface area contributed by atoms with E-state index in [2.05, 4.69) is 0 Å². The summed E-state index contributed by atoms with van der Waals surface area (Å²) in [5.74, 6) is 0.701. The molecular formula is C13H16O5. The van der Waals surface area contributed by atoms with Gasteiger partial charge in [0.15, 0.2) is 6.61 Å². The summed E-state index contributed by atoms with van der Waals surface area (Å²) in [6.07, 6.45) is -0.737. The minimum absolute atomic E-state index is 0.139. The summed E-state index contributed by atoms with van der Waals surface area (Å²) in [5, 5.41) is 9.55. The summed E-state index contributed by atoms with van der Waals surface area (Å²) in [4.78, 5) is 11.3. The lowest BCUT2D eigenvalue weighted by atomic mass is 10.1. The van der Waals surface area contributed by atoms with E-state index in [0.717, 1.165) is 5.56 Å². The van der Waals surface area contributed by atoms with E-state index in [1.807, 2.05) is 0 Å². The lowest BCUT2D eigenvalue weighted by molar-refractivity contribution is -0.149. The molecule has 0 aromatic heterocycles. The van der Waals surface area contributed by atoms with Crippen molar-refractivity contribution in [2.45, 2.75) is 26.1 Å². The fourth-order valence-corrected chi connectivity index (χ4v) is 1.70. The summed E-state index contributed by atoms with van der Waals surface area (Å²) < 4.78 is 15.5. The van der Waals surface area contributed by atoms with E-state index in [-0.39, 0.29) is 19.3 Å². The lowest BCUT2D eigenvalue weighted by Crippen LogP contribution is -2.18. The van der Waals surface area contributed by atoms with Crippen molar-refractivity contribution in [3.63, 3.8) is 0 Å². The molecule has 98 valence electrons. The van der Waals surface area contributed by atoms with Crippen molar-refractivity contribution in [2.24, 2.45) is 0 Å². The zero-order chi connectivity index (χ0) is 13.1. The van der Waals surface area contributed by atoms with Gasteiger partial charge >= 0.3 is 5.97 Å². The van der Waals surface area contributed by atoms with Crippen LogP contribution in [0.4, 0.5) is 0 Å². The van der Waals surface area contributed by atoms with E-state index in [1.54, 1.807) is 32.0 Å². The summed E-state index contributed by atoms with van der Waals surface area (Å²) in [6, 6.07) is 5.09. The van der Waals surface area contributed by atoms with E-state index in [1.165, 1.54) is 0 Å². The molecule has 0 aliphatic carbocycles. The van der Waals surface area contributed by atoms with Crippen molar-refractivity contribution in [1.82, 2.24) is 0 Å². The number of ether oxygens (including phenoxy) is 3. The maximum Gasteiger partial charge on any atom is 0.344 e. The molecule has 1 heterocycles. The first-order chi connectivity index (χ1) is 8.56. The second-order valence-corrected chi connectivity index (χ2v) is 4.35. The van der Waals surface area contributed by atoms with Crippen molar-refractivity contribution in [3.05, 3.63) is 23.8 Å². The summed E-state index contributed by atoms with van der Waals surface area (Å²) in [6.45, 7) is 3.68. The topological polar surface area (TPSA) is 65.0 Å². The molecule has 18 heavy (non-hydrogen) atoms. The third-order valence-electron chi connectivity index (χ3n) is 2.46. The van der Waals surface area contributed by atoms with Gasteiger partial charge in [0.2, 0.25) is 0 Å². The minimum atomic E-state index is -0.583. The third-order valence-corrected chi connectivity index (χ3v) is 2.46. The van der Waals surface area contributed by atoms with Gasteiger partial charge in [-0.1, -0.05) is 0 Å². The van der Waals surface area contributed by atoms with Crippen LogP contribution >= 0.6 is 0 Å². The molecule has 0 bridgehead atoms. The number of hydrogen-bond donors (Lipinski definition) is 1. The number of aliphatic hydroxyl groups is 1. The Labute approximate surface area is 105 Å². The van der Waals surface area contributed by atoms with Gasteiger partial charge in [0.05, 0.1) is 6.10 Å². The molecule has 1 aliphatic heterocycles. The van der Waals surface area contributed by atoms with Crippen molar-refractivity contribution in [1.29, 1.82) is 0 Å². The highest BCUT2D eigenvalue weighted by molar-refractivity contribution is 5.71. The number of esters is 1. The number of fused-ring (bicyclic) bond motifs is 1. The first-order valence-electron chi connectivity index (χ1n) is 5.83. The Kier molecular flexibility index (Phi) is 3.72. The van der Waals surface area contributed by atoms with Crippen LogP contribution in [-0.2, 0) is 9.53 Å². The van der Waals surface area contributed by atoms with E-state index >= 15 is 0 Å². The average Bonchev–Trinajstić information content (AvgIpc) is 2.67. The Bertz CT molecular complexity index is 441. The molecule has 0 saturated carbocycles. The number of rotatable bonds is 4. The van der Waals surface area contributed by atoms with Crippen LogP contribution < -0.4 is 9.47 Å². The Hall–Kier alpha value is -1.75. The normalized spacial score (nSPS) is 17.2. The van der Waals surface area contributed by atoms with Crippen molar-refractivity contribution in [3.8, 4) is 11.5 Å². The quantitative estimate of drug-likeness (QED) is 0.821. The SMILES string of the molecule is CC(C)OC(=O)COc1ccc2c(c1)OCC2O. The van der Waals surface area contributed by atoms with Crippen molar-refractivity contribution >= 4 is 5.97 Å². The average molecular weight is 252 g/mol. The van der Waals surface area contributed by atoms with Crippen LogP contribution in [0.1, 0.15) is 25.5 Å². The summed E-state index contributed by atoms with van der Waals surface area (Å²) >= 11 is 0. The van der Waals surface area contributed by atoms with Crippen LogP contribution in [0.2, 0.25) is 0 Å². The fourth-order valence-electron chi connectivity index (χ4n) is 1.70. The lowest BCUT2D eigenvalue weighted by Gasteiger charge is -2.10. The van der Waals surface area contributed by atoms with Gasteiger partial charge in [-0.15, -0.1) is 0 Å². The van der Waals surface area contributed by atoms with Crippen LogP contribution in [0, 0.1) is 0 Å². The van der Waals surface area contributed by atoms with Crippen LogP contribution in [0.5, 0.6) is 11.5 Å². The van der Waals surface area contributed by atoms with Gasteiger partial charge in [0, 0.05) is 11.6 Å². The minimum Gasteiger partial charge on any atom is -0.490 e. The van der Waals surface area contributed by atoms with Gasteiger partial charge in [-0.05, 0) is 26.0 Å². The number of carbonyl (C=O) groups excluding carboxylic acids is 1. The molecule has 0 fully saturated rings. The largest absolute Gasteiger partial charge is 0.490 e. The van der Waals surface area contributed by atoms with Gasteiger partial charge in [-0.25, -0.2) is 4.79 Å². The molecule has 1 N–H and O–H groups in total. The van der Waals surface area contributed by atoms with E-state index in [9.17, 15) is 9.90 Å². The highest BCUT2D eigenvalue weighted by Crippen LogP contribution is 2.34. The van der Waals surface area contributed by atoms with Gasteiger partial charge in [-0.3, -0.25) is 0 Å². The number of benzene rings is 1. The molecule has 1 unspecified atom stereocenters. The molecule has 1 aromatic carbocycles. The molecule has 1 atom stereocenters. The Morgan fingerprint density at radius 2 is 2.33 bits per heavy atom. The molecule has 1 aliphatic rings. The zero-order valence-electron chi connectivity index (χ0n) is 10.4. The summed E-state index contributed by atoms with van der Waals surface area (Å²) in [5.41, 5.74) is 0.743. The molecule has 0 amide bonds. The molecule has 5 nitrogen and oxygen atoms in total. The van der Waals surface area contributed by atoms with Gasteiger partial charge in [-0.2, -0.15) is 0 Å². The van der Waals surface area contributed by atoms with Crippen LogP contribution in [0.15, 0.2) is 18.2 Å². The predicted octanol–water partition coefficient (Wildman–Crippen LogP) is 1.44. The smallest absolute Gasteiger partial charge is 0.344 e. The second kappa shape index (κ2) is 5.27.